The molecule has 3 aromatic carbocycles. The van der Waals surface area contributed by atoms with Gasteiger partial charge in [-0.1, -0.05) is 72.8 Å². The molecule has 3 aromatic rings. The number of hydrogen-bond acceptors (Lipinski definition) is 2. The molecule has 108 valence electrons. The lowest BCUT2D eigenvalue weighted by Gasteiger charge is -2.18. The summed E-state index contributed by atoms with van der Waals surface area (Å²) in [6.07, 6.45) is 4.20. The van der Waals surface area contributed by atoms with Crippen LogP contribution in [0.5, 0.6) is 0 Å². The van der Waals surface area contributed by atoms with E-state index in [1.807, 2.05) is 60.7 Å². The summed E-state index contributed by atoms with van der Waals surface area (Å²) < 4.78 is 0. The molecule has 2 nitrogen and oxygen atoms in total. The molecule has 2 N–H and O–H groups in total. The van der Waals surface area contributed by atoms with Crippen LogP contribution in [0.1, 0.15) is 11.1 Å². The van der Waals surface area contributed by atoms with Gasteiger partial charge in [-0.25, -0.2) is 5.84 Å². The average Bonchev–Trinajstić information content (AvgIpc) is 2.61. The summed E-state index contributed by atoms with van der Waals surface area (Å²) in [5, 5.41) is 1.69. The molecule has 0 aliphatic heterocycles. The molecule has 0 radical (unpaired) electrons. The lowest BCUT2D eigenvalue weighted by molar-refractivity contribution is 1.09. The Morgan fingerprint density at radius 2 is 1.00 bits per heavy atom. The van der Waals surface area contributed by atoms with Crippen LogP contribution in [0.15, 0.2) is 84.9 Å². The van der Waals surface area contributed by atoms with Gasteiger partial charge in [-0.05, 0) is 35.4 Å². The van der Waals surface area contributed by atoms with Gasteiger partial charge >= 0.3 is 0 Å². The topological polar surface area (TPSA) is 29.3 Å². The molecule has 0 saturated carbocycles. The van der Waals surface area contributed by atoms with Crippen molar-refractivity contribution in [3.8, 4) is 0 Å². The minimum Gasteiger partial charge on any atom is -0.280 e. The number of hydrazine groups is 1. The summed E-state index contributed by atoms with van der Waals surface area (Å²) in [7, 11) is 0. The lowest BCUT2D eigenvalue weighted by atomic mass is 10.1. The first kappa shape index (κ1) is 14.1. The maximum absolute atomic E-state index is 6.15. The van der Waals surface area contributed by atoms with Gasteiger partial charge in [0.05, 0.1) is 11.4 Å². The number of benzene rings is 3. The van der Waals surface area contributed by atoms with Crippen molar-refractivity contribution in [3.05, 3.63) is 96.1 Å². The maximum atomic E-state index is 6.15. The highest BCUT2D eigenvalue weighted by atomic mass is 15.4. The summed E-state index contributed by atoms with van der Waals surface area (Å²) in [5.74, 6) is 6.15. The van der Waals surface area contributed by atoms with Crippen molar-refractivity contribution >= 4 is 23.5 Å². The SMILES string of the molecule is NN(c1ccccc1)c1ccc(C=Cc2ccccc2)cc1. The van der Waals surface area contributed by atoms with Gasteiger partial charge in [0.15, 0.2) is 0 Å². The molecule has 3 rings (SSSR count). The molecule has 0 saturated heterocycles. The van der Waals surface area contributed by atoms with Crippen LogP contribution in [0.4, 0.5) is 11.4 Å². The van der Waals surface area contributed by atoms with Crippen LogP contribution in [0.2, 0.25) is 0 Å². The minimum absolute atomic E-state index is 0.961. The van der Waals surface area contributed by atoms with Gasteiger partial charge in [-0.3, -0.25) is 5.01 Å². The van der Waals surface area contributed by atoms with E-state index < -0.39 is 0 Å². The fraction of sp³-hybridized carbons (Fsp3) is 0. The molecule has 0 atom stereocenters. The van der Waals surface area contributed by atoms with E-state index in [0.29, 0.717) is 0 Å². The third-order valence-electron chi connectivity index (χ3n) is 3.47. The first-order valence-corrected chi connectivity index (χ1v) is 7.26. The average molecular weight is 286 g/mol. The third-order valence-corrected chi connectivity index (χ3v) is 3.47. The molecular formula is C20H18N2. The second-order valence-electron chi connectivity index (χ2n) is 5.04. The molecule has 0 unspecified atom stereocenters. The van der Waals surface area contributed by atoms with E-state index in [2.05, 4.69) is 36.4 Å². The highest BCUT2D eigenvalue weighted by Gasteiger charge is 2.02. The van der Waals surface area contributed by atoms with E-state index >= 15 is 0 Å². The standard InChI is InChI=1S/C20H18N2/c21-22(19-9-5-2-6-10-19)20-15-13-18(14-16-20)12-11-17-7-3-1-4-8-17/h1-16H,21H2. The van der Waals surface area contributed by atoms with Gasteiger partial charge in [0.1, 0.15) is 0 Å². The zero-order valence-corrected chi connectivity index (χ0v) is 12.3. The Labute approximate surface area is 131 Å². The molecule has 0 aliphatic carbocycles. The van der Waals surface area contributed by atoms with Gasteiger partial charge in [0.25, 0.3) is 0 Å². The Balaban J connectivity index is 1.74. The molecule has 0 spiro atoms. The van der Waals surface area contributed by atoms with Crippen molar-refractivity contribution in [1.29, 1.82) is 0 Å². The van der Waals surface area contributed by atoms with Crippen LogP contribution in [-0.2, 0) is 0 Å². The van der Waals surface area contributed by atoms with E-state index in [1.54, 1.807) is 5.01 Å². The number of para-hydroxylation sites is 1. The van der Waals surface area contributed by atoms with Gasteiger partial charge in [0, 0.05) is 0 Å². The number of rotatable bonds is 4. The van der Waals surface area contributed by atoms with Crippen molar-refractivity contribution in [2.24, 2.45) is 5.84 Å². The molecule has 0 amide bonds. The first-order chi connectivity index (χ1) is 10.8. The number of anilines is 2. The molecule has 0 fully saturated rings. The third kappa shape index (κ3) is 3.43. The van der Waals surface area contributed by atoms with E-state index in [4.69, 9.17) is 5.84 Å². The zero-order chi connectivity index (χ0) is 15.2. The molecule has 2 heteroatoms. The number of nitrogens with zero attached hydrogens (tertiary/aromatic N) is 1. The van der Waals surface area contributed by atoms with Crippen molar-refractivity contribution in [2.75, 3.05) is 5.01 Å². The van der Waals surface area contributed by atoms with Crippen LogP contribution < -0.4 is 10.9 Å². The Morgan fingerprint density at radius 3 is 1.59 bits per heavy atom. The quantitative estimate of drug-likeness (QED) is 0.421. The van der Waals surface area contributed by atoms with Crippen LogP contribution >= 0.6 is 0 Å². The summed E-state index contributed by atoms with van der Waals surface area (Å²) in [6.45, 7) is 0. The summed E-state index contributed by atoms with van der Waals surface area (Å²) in [5.41, 5.74) is 4.27. The predicted octanol–water partition coefficient (Wildman–Crippen LogP) is 4.87. The monoisotopic (exact) mass is 286 g/mol. The molecule has 0 aliphatic rings. The largest absolute Gasteiger partial charge is 0.280 e. The fourth-order valence-corrected chi connectivity index (χ4v) is 2.24. The Morgan fingerprint density at radius 1 is 0.545 bits per heavy atom. The first-order valence-electron chi connectivity index (χ1n) is 7.26. The highest BCUT2D eigenvalue weighted by molar-refractivity contribution is 5.71. The van der Waals surface area contributed by atoms with Crippen molar-refractivity contribution in [2.45, 2.75) is 0 Å². The second kappa shape index (κ2) is 6.74. The number of hydrogen-bond donors (Lipinski definition) is 1. The lowest BCUT2D eigenvalue weighted by Crippen LogP contribution is -2.24. The maximum Gasteiger partial charge on any atom is 0.0575 e. The Hall–Kier alpha value is -2.84. The minimum atomic E-state index is 0.961. The molecule has 0 aromatic heterocycles. The van der Waals surface area contributed by atoms with E-state index in [9.17, 15) is 0 Å². The van der Waals surface area contributed by atoms with Crippen molar-refractivity contribution < 1.29 is 0 Å². The van der Waals surface area contributed by atoms with Crippen LogP contribution in [0, 0.1) is 0 Å². The van der Waals surface area contributed by atoms with Gasteiger partial charge in [-0.2, -0.15) is 0 Å². The van der Waals surface area contributed by atoms with Gasteiger partial charge < -0.3 is 0 Å². The van der Waals surface area contributed by atoms with E-state index in [1.165, 1.54) is 5.56 Å². The van der Waals surface area contributed by atoms with Gasteiger partial charge in [-0.15, -0.1) is 0 Å². The van der Waals surface area contributed by atoms with Crippen molar-refractivity contribution in [3.63, 3.8) is 0 Å². The Kier molecular flexibility index (Phi) is 4.33. The molecule has 22 heavy (non-hydrogen) atoms. The van der Waals surface area contributed by atoms with Crippen LogP contribution in [-0.4, -0.2) is 0 Å². The Bertz CT molecular complexity index is 732. The smallest absolute Gasteiger partial charge is 0.0575 e. The molecular weight excluding hydrogens is 268 g/mol. The normalized spacial score (nSPS) is 10.8. The summed E-state index contributed by atoms with van der Waals surface area (Å²) >= 11 is 0. The number of nitrogens with two attached hydrogens (primary N) is 1. The summed E-state index contributed by atoms with van der Waals surface area (Å²) in [4.78, 5) is 0. The highest BCUT2D eigenvalue weighted by Crippen LogP contribution is 2.22. The predicted molar refractivity (Wildman–Crippen MR) is 94.6 cm³/mol. The van der Waals surface area contributed by atoms with Crippen molar-refractivity contribution in [1.82, 2.24) is 0 Å². The second-order valence-corrected chi connectivity index (χ2v) is 5.04. The zero-order valence-electron chi connectivity index (χ0n) is 12.3. The molecule has 0 bridgehead atoms. The fourth-order valence-electron chi connectivity index (χ4n) is 2.24. The van der Waals surface area contributed by atoms with Crippen LogP contribution in [0.3, 0.4) is 0 Å². The van der Waals surface area contributed by atoms with Crippen LogP contribution in [0.25, 0.3) is 12.2 Å². The van der Waals surface area contributed by atoms with E-state index in [0.717, 1.165) is 16.9 Å². The summed E-state index contributed by atoms with van der Waals surface area (Å²) in [6, 6.07) is 28.4. The van der Waals surface area contributed by atoms with Gasteiger partial charge in [0.2, 0.25) is 0 Å². The van der Waals surface area contributed by atoms with E-state index in [-0.39, 0.29) is 0 Å². The molecule has 0 heterocycles.